The van der Waals surface area contributed by atoms with Gasteiger partial charge in [-0.05, 0) is 0 Å². The second kappa shape index (κ2) is 23.5. The fourth-order valence-electron chi connectivity index (χ4n) is 0.750. The van der Waals surface area contributed by atoms with Gasteiger partial charge in [0, 0.05) is 37.7 Å². The minimum atomic E-state index is -0.653. The van der Waals surface area contributed by atoms with Crippen LogP contribution in [0.25, 0.3) is 0 Å². The number of hydrogen-bond acceptors (Lipinski definition) is 0. The van der Waals surface area contributed by atoms with Gasteiger partial charge in [-0.1, -0.05) is 0 Å². The summed E-state index contributed by atoms with van der Waals surface area (Å²) < 4.78 is 6.07. The van der Waals surface area contributed by atoms with Gasteiger partial charge >= 0.3 is 87.7 Å². The largest absolute Gasteiger partial charge is 0 e. The maximum atomic E-state index is 2.35. The summed E-state index contributed by atoms with van der Waals surface area (Å²) in [5, 5.41) is 0. The molecule has 0 aliphatic rings. The van der Waals surface area contributed by atoms with Crippen molar-refractivity contribution in [3.63, 3.8) is 0 Å². The first-order chi connectivity index (χ1) is 4.76. The van der Waals surface area contributed by atoms with Crippen LogP contribution in [-0.4, -0.2) is 80.0 Å². The summed E-state index contributed by atoms with van der Waals surface area (Å²) in [4.78, 5) is 0. The number of hydrogen-bond donors (Lipinski definition) is 0. The third kappa shape index (κ3) is 23.0. The molecule has 0 nitrogen and oxygen atoms in total. The molecule has 0 saturated heterocycles. The first-order valence-corrected chi connectivity index (χ1v) is 13.3. The molecule has 0 amide bonds. The molecule has 12 heavy (non-hydrogen) atoms. The fraction of sp³-hybridized carbons (Fsp3) is 1.00. The molecule has 0 fully saturated rings. The van der Waals surface area contributed by atoms with Crippen LogP contribution < -0.4 is 0 Å². The average Bonchev–Trinajstić information content (AvgIpc) is 1.93. The molecule has 0 atom stereocenters. The molecule has 0 saturated carbocycles. The van der Waals surface area contributed by atoms with E-state index in [1.165, 1.54) is 27.0 Å². The van der Waals surface area contributed by atoms with Crippen LogP contribution in [0.1, 0.15) is 27.7 Å². The molecule has 0 unspecified atom stereocenters. The van der Waals surface area contributed by atoms with Gasteiger partial charge in [0.15, 0.2) is 0 Å². The summed E-state index contributed by atoms with van der Waals surface area (Å²) >= 11 is 0.547. The van der Waals surface area contributed by atoms with Crippen molar-refractivity contribution < 1.29 is 0 Å². The summed E-state index contributed by atoms with van der Waals surface area (Å²) in [6.07, 6.45) is 0. The van der Waals surface area contributed by atoms with Gasteiger partial charge in [-0.2, -0.15) is 0 Å². The third-order valence-electron chi connectivity index (χ3n) is 1.50. The normalized spacial score (nSPS) is 7.50. The van der Waals surface area contributed by atoms with Gasteiger partial charge in [-0.25, -0.2) is 0 Å². The van der Waals surface area contributed by atoms with Crippen molar-refractivity contribution in [1.82, 2.24) is 0 Å². The van der Waals surface area contributed by atoms with Crippen molar-refractivity contribution in [1.29, 1.82) is 0 Å². The Morgan fingerprint density at radius 2 is 1.00 bits per heavy atom. The zero-order valence-corrected chi connectivity index (χ0v) is 16.9. The van der Waals surface area contributed by atoms with Gasteiger partial charge in [0.1, 0.15) is 0 Å². The minimum absolute atomic E-state index is 0. The molecule has 0 heterocycles. The first kappa shape index (κ1) is 24.2. The van der Waals surface area contributed by atoms with Crippen LogP contribution >= 0.6 is 0 Å². The Bertz CT molecular complexity index is 44.8. The van der Waals surface area contributed by atoms with Crippen LogP contribution in [0.15, 0.2) is 0 Å². The quantitative estimate of drug-likeness (QED) is 0.666. The van der Waals surface area contributed by atoms with E-state index < -0.39 is 19.8 Å². The van der Waals surface area contributed by atoms with Crippen LogP contribution in [0.2, 0.25) is 17.7 Å². The third-order valence-corrected chi connectivity index (χ3v) is 10.1. The zero-order valence-electron chi connectivity index (χ0n) is 10.0. The van der Waals surface area contributed by atoms with Crippen molar-refractivity contribution >= 4 is 80.0 Å². The summed E-state index contributed by atoms with van der Waals surface area (Å²) in [5.41, 5.74) is 0. The summed E-state index contributed by atoms with van der Waals surface area (Å²) in [7, 11) is 0. The van der Waals surface area contributed by atoms with Crippen molar-refractivity contribution in [3.05, 3.63) is 0 Å². The van der Waals surface area contributed by atoms with E-state index in [0.29, 0.717) is 0 Å². The predicted molar refractivity (Wildman–Crippen MR) is 67.7 cm³/mol. The Morgan fingerprint density at radius 1 is 0.833 bits per heavy atom. The molecule has 0 bridgehead atoms. The molecule has 0 rings (SSSR count). The van der Waals surface area contributed by atoms with Crippen molar-refractivity contribution in [2.75, 3.05) is 0 Å². The van der Waals surface area contributed by atoms with Gasteiger partial charge in [0.25, 0.3) is 0 Å². The van der Waals surface area contributed by atoms with Crippen molar-refractivity contribution in [3.8, 4) is 0 Å². The van der Waals surface area contributed by atoms with Gasteiger partial charge < -0.3 is 0 Å². The van der Waals surface area contributed by atoms with Crippen LogP contribution in [0, 0.1) is 0 Å². The molecule has 0 aliphatic carbocycles. The maximum Gasteiger partial charge on any atom is 0 e. The van der Waals surface area contributed by atoms with E-state index in [4.69, 9.17) is 0 Å². The van der Waals surface area contributed by atoms with Crippen LogP contribution in [0.4, 0.5) is 0 Å². The number of rotatable bonds is 3. The van der Waals surface area contributed by atoms with Crippen LogP contribution in [0.3, 0.4) is 0 Å². The topological polar surface area (TPSA) is 0 Å². The predicted octanol–water partition coefficient (Wildman–Crippen LogP) is 1.84. The van der Waals surface area contributed by atoms with Gasteiger partial charge in [-0.3, -0.25) is 0 Å². The SMILES string of the molecule is C[CH2][SnH2].C[CH2][Sn]([CH2]C)[CH2]C.[Li].[Li]. The van der Waals surface area contributed by atoms with E-state index in [2.05, 4.69) is 27.7 Å². The summed E-state index contributed by atoms with van der Waals surface area (Å²) in [6, 6.07) is 0. The Morgan fingerprint density at radius 3 is 1.00 bits per heavy atom. The fourth-order valence-corrected chi connectivity index (χ4v) is 5.03. The Kier molecular flexibility index (Phi) is 47.4. The standard InChI is InChI=1S/4C2H5.2Li.2Sn.2H/c4*1-2;;;;;;/h4*1H2,2H3;;;;;;. The van der Waals surface area contributed by atoms with Crippen molar-refractivity contribution in [2.24, 2.45) is 0 Å². The molecule has 4 heteroatoms. The van der Waals surface area contributed by atoms with E-state index in [-0.39, 0.29) is 37.7 Å². The van der Waals surface area contributed by atoms with E-state index in [1.807, 2.05) is 0 Å². The summed E-state index contributed by atoms with van der Waals surface area (Å²) in [5.74, 6) is 0. The molecule has 0 spiro atoms. The molecule has 0 aromatic rings. The smallest absolute Gasteiger partial charge is 0 e. The molecule has 4 radical (unpaired) electrons. The summed E-state index contributed by atoms with van der Waals surface area (Å²) in [6.45, 7) is 9.25. The van der Waals surface area contributed by atoms with Gasteiger partial charge in [-0.15, -0.1) is 0 Å². The Labute approximate surface area is 124 Å². The second-order valence-electron chi connectivity index (χ2n) is 2.31. The monoisotopic (exact) mass is 372 g/mol. The molecule has 0 aromatic heterocycles. The molecule has 0 aliphatic heterocycles. The molecular weight excluding hydrogens is 347 g/mol. The van der Waals surface area contributed by atoms with Gasteiger partial charge in [0.05, 0.1) is 0 Å². The minimum Gasteiger partial charge on any atom is 0 e. The van der Waals surface area contributed by atoms with E-state index in [1.54, 1.807) is 13.3 Å². The second-order valence-corrected chi connectivity index (χ2v) is 15.5. The molecule has 0 aromatic carbocycles. The van der Waals surface area contributed by atoms with Crippen LogP contribution in [-0.2, 0) is 0 Å². The van der Waals surface area contributed by atoms with E-state index in [0.717, 1.165) is 0 Å². The molecular formula is C8H22Li2Sn2. The van der Waals surface area contributed by atoms with Gasteiger partial charge in [0.2, 0.25) is 0 Å². The maximum absolute atomic E-state index is 2.35. The van der Waals surface area contributed by atoms with Crippen molar-refractivity contribution in [2.45, 2.75) is 45.4 Å². The molecule has 64 valence electrons. The van der Waals surface area contributed by atoms with E-state index in [9.17, 15) is 0 Å². The van der Waals surface area contributed by atoms with E-state index >= 15 is 0 Å². The first-order valence-electron chi connectivity index (χ1n) is 4.39. The Hall–Kier alpha value is 2.79. The van der Waals surface area contributed by atoms with Crippen LogP contribution in [0.5, 0.6) is 0 Å². The Balaban J connectivity index is -0.0000000569. The zero-order chi connectivity index (χ0) is 8.41. The average molecular weight is 370 g/mol. The molecule has 0 N–H and O–H groups in total.